The van der Waals surface area contributed by atoms with E-state index < -0.39 is 0 Å². The number of carbonyl (C=O) groups is 2. The number of rotatable bonds is 5. The van der Waals surface area contributed by atoms with E-state index in [4.69, 9.17) is 22.1 Å². The lowest BCUT2D eigenvalue weighted by molar-refractivity contribution is -0.137. The Bertz CT molecular complexity index is 981. The number of likely N-dealkylation sites (tertiary alicyclic amines) is 2. The summed E-state index contributed by atoms with van der Waals surface area (Å²) in [5.41, 5.74) is 7.92. The number of allylic oxidation sites excluding steroid dienone is 2. The number of amides is 2. The van der Waals surface area contributed by atoms with E-state index in [-0.39, 0.29) is 17.9 Å². The highest BCUT2D eigenvalue weighted by Crippen LogP contribution is 2.38. The predicted molar refractivity (Wildman–Crippen MR) is 138 cm³/mol. The molecule has 3 N–H and O–H groups in total. The van der Waals surface area contributed by atoms with E-state index in [9.17, 15) is 9.59 Å². The molecule has 1 unspecified atom stereocenters. The van der Waals surface area contributed by atoms with Crippen molar-refractivity contribution in [3.63, 3.8) is 0 Å². The summed E-state index contributed by atoms with van der Waals surface area (Å²) in [6.45, 7) is 5.37. The van der Waals surface area contributed by atoms with Crippen LogP contribution in [0.5, 0.6) is 5.75 Å². The highest BCUT2D eigenvalue weighted by atomic mass is 35.5. The van der Waals surface area contributed by atoms with Crippen molar-refractivity contribution in [1.82, 2.24) is 15.1 Å². The molecule has 1 atom stereocenters. The first-order chi connectivity index (χ1) is 17.0. The van der Waals surface area contributed by atoms with Crippen LogP contribution in [0.3, 0.4) is 0 Å². The van der Waals surface area contributed by atoms with Gasteiger partial charge >= 0.3 is 0 Å². The molecule has 3 heterocycles. The van der Waals surface area contributed by atoms with Crippen LogP contribution in [0.25, 0.3) is 0 Å². The van der Waals surface area contributed by atoms with E-state index in [2.05, 4.69) is 27.3 Å². The van der Waals surface area contributed by atoms with Gasteiger partial charge in [0.15, 0.2) is 0 Å². The number of anilines is 1. The van der Waals surface area contributed by atoms with Crippen molar-refractivity contribution < 1.29 is 14.3 Å². The summed E-state index contributed by atoms with van der Waals surface area (Å²) in [7, 11) is 0. The number of benzene rings is 1. The first-order valence-corrected chi connectivity index (χ1v) is 13.6. The maximum atomic E-state index is 13.0. The number of ether oxygens (including phenoxy) is 1. The Balaban J connectivity index is 1.06. The van der Waals surface area contributed by atoms with Crippen LogP contribution in [-0.2, 0) is 11.2 Å². The minimum absolute atomic E-state index is 0.131. The second kappa shape index (κ2) is 10.8. The minimum atomic E-state index is -0.131. The summed E-state index contributed by atoms with van der Waals surface area (Å²) in [5.74, 6) is 1.67. The van der Waals surface area contributed by atoms with Gasteiger partial charge in [0, 0.05) is 56.7 Å². The maximum absolute atomic E-state index is 13.0. The first-order valence-electron chi connectivity index (χ1n) is 13.2. The SMILES string of the molecule is Nc1c(Cl)cc(C(=O)NC2CCN(CC3CCN(C(=O)C4CC=CCC4)CC3)CC2)c2c1CCO2. The Morgan fingerprint density at radius 2 is 1.86 bits per heavy atom. The topological polar surface area (TPSA) is 87.9 Å². The number of hydrogen-bond acceptors (Lipinski definition) is 5. The molecular weight excluding hydrogens is 464 g/mol. The zero-order valence-electron chi connectivity index (χ0n) is 20.4. The minimum Gasteiger partial charge on any atom is -0.492 e. The summed E-state index contributed by atoms with van der Waals surface area (Å²) in [5, 5.41) is 3.61. The van der Waals surface area contributed by atoms with Crippen molar-refractivity contribution in [1.29, 1.82) is 0 Å². The molecule has 4 aliphatic rings. The lowest BCUT2D eigenvalue weighted by Gasteiger charge is -2.38. The van der Waals surface area contributed by atoms with Gasteiger partial charge in [0.1, 0.15) is 5.75 Å². The van der Waals surface area contributed by atoms with Crippen molar-refractivity contribution in [3.8, 4) is 5.75 Å². The van der Waals surface area contributed by atoms with Crippen molar-refractivity contribution >= 4 is 29.1 Å². The fraction of sp³-hybridized carbons (Fsp3) is 0.630. The van der Waals surface area contributed by atoms with Gasteiger partial charge in [-0.2, -0.15) is 0 Å². The lowest BCUT2D eigenvalue weighted by atomic mass is 9.90. The molecule has 1 aliphatic carbocycles. The number of nitrogen functional groups attached to an aromatic ring is 1. The number of piperidine rings is 2. The average Bonchev–Trinajstić information content (AvgIpc) is 3.38. The Kier molecular flexibility index (Phi) is 7.54. The van der Waals surface area contributed by atoms with Gasteiger partial charge in [0.25, 0.3) is 5.91 Å². The highest BCUT2D eigenvalue weighted by molar-refractivity contribution is 6.33. The van der Waals surface area contributed by atoms with Crippen LogP contribution in [0.1, 0.15) is 60.9 Å². The molecule has 0 radical (unpaired) electrons. The van der Waals surface area contributed by atoms with E-state index in [1.54, 1.807) is 6.07 Å². The summed E-state index contributed by atoms with van der Waals surface area (Å²) in [4.78, 5) is 30.4. The largest absolute Gasteiger partial charge is 0.492 e. The van der Waals surface area contributed by atoms with E-state index in [1.807, 2.05) is 0 Å². The Hall–Kier alpha value is -2.25. The van der Waals surface area contributed by atoms with Gasteiger partial charge in [-0.05, 0) is 56.9 Å². The van der Waals surface area contributed by atoms with E-state index in [1.165, 1.54) is 0 Å². The molecule has 7 nitrogen and oxygen atoms in total. The van der Waals surface area contributed by atoms with Crippen LogP contribution < -0.4 is 15.8 Å². The van der Waals surface area contributed by atoms with Gasteiger partial charge in [-0.25, -0.2) is 0 Å². The molecule has 8 heteroatoms. The van der Waals surface area contributed by atoms with Crippen LogP contribution in [0, 0.1) is 11.8 Å². The number of nitrogens with two attached hydrogens (primary N) is 1. The number of halogens is 1. The molecule has 190 valence electrons. The Morgan fingerprint density at radius 1 is 1.09 bits per heavy atom. The number of hydrogen-bond donors (Lipinski definition) is 2. The predicted octanol–water partition coefficient (Wildman–Crippen LogP) is 3.65. The van der Waals surface area contributed by atoms with Crippen LogP contribution in [0.2, 0.25) is 5.02 Å². The highest BCUT2D eigenvalue weighted by Gasteiger charge is 2.31. The van der Waals surface area contributed by atoms with E-state index in [0.29, 0.717) is 46.9 Å². The number of carbonyl (C=O) groups excluding carboxylic acids is 2. The summed E-state index contributed by atoms with van der Waals surface area (Å²) in [6.07, 6.45) is 12.0. The number of nitrogens with one attached hydrogen (secondary N) is 1. The molecule has 1 aromatic carbocycles. The molecule has 0 spiro atoms. The second-order valence-electron chi connectivity index (χ2n) is 10.5. The third-order valence-corrected chi connectivity index (χ3v) is 8.51. The fourth-order valence-electron chi connectivity index (χ4n) is 6.04. The summed E-state index contributed by atoms with van der Waals surface area (Å²) < 4.78 is 5.70. The number of fused-ring (bicyclic) bond motifs is 1. The van der Waals surface area contributed by atoms with Gasteiger partial charge in [-0.3, -0.25) is 9.59 Å². The molecule has 5 rings (SSSR count). The fourth-order valence-corrected chi connectivity index (χ4v) is 6.26. The molecule has 2 fully saturated rings. The molecule has 3 aliphatic heterocycles. The maximum Gasteiger partial charge on any atom is 0.255 e. The smallest absolute Gasteiger partial charge is 0.255 e. The van der Waals surface area contributed by atoms with Gasteiger partial charge in [0.2, 0.25) is 5.91 Å². The van der Waals surface area contributed by atoms with Gasteiger partial charge in [-0.15, -0.1) is 0 Å². The standard InChI is InChI=1S/C27H37ClN4O3/c28-23-16-22(25-21(24(23)29)10-15-35-25)26(33)30-20-8-11-31(12-9-20)17-18-6-13-32(14-7-18)27(34)19-4-2-1-3-5-19/h1-2,16,18-20H,3-15,17,29H2,(H,30,33). The molecule has 2 saturated heterocycles. The quantitative estimate of drug-likeness (QED) is 0.476. The average molecular weight is 501 g/mol. The third-order valence-electron chi connectivity index (χ3n) is 8.20. The molecule has 1 aromatic rings. The second-order valence-corrected chi connectivity index (χ2v) is 10.9. The zero-order chi connectivity index (χ0) is 24.4. The molecule has 0 bridgehead atoms. The lowest BCUT2D eigenvalue weighted by Crippen LogP contribution is -2.48. The van der Waals surface area contributed by atoms with Crippen LogP contribution in [-0.4, -0.2) is 67.0 Å². The monoisotopic (exact) mass is 500 g/mol. The van der Waals surface area contributed by atoms with E-state index in [0.717, 1.165) is 83.2 Å². The van der Waals surface area contributed by atoms with Gasteiger partial charge < -0.3 is 25.6 Å². The van der Waals surface area contributed by atoms with Crippen molar-refractivity contribution in [2.24, 2.45) is 11.8 Å². The van der Waals surface area contributed by atoms with Gasteiger partial charge in [-0.1, -0.05) is 23.8 Å². The Morgan fingerprint density at radius 3 is 2.57 bits per heavy atom. The summed E-state index contributed by atoms with van der Waals surface area (Å²) >= 11 is 6.27. The Labute approximate surface area is 213 Å². The van der Waals surface area contributed by atoms with Crippen LogP contribution >= 0.6 is 11.6 Å². The van der Waals surface area contributed by atoms with Crippen molar-refractivity contribution in [2.45, 2.75) is 57.4 Å². The first kappa shape index (κ1) is 24.4. The van der Waals surface area contributed by atoms with Crippen LogP contribution in [0.4, 0.5) is 5.69 Å². The van der Waals surface area contributed by atoms with E-state index >= 15 is 0 Å². The zero-order valence-corrected chi connectivity index (χ0v) is 21.2. The summed E-state index contributed by atoms with van der Waals surface area (Å²) in [6, 6.07) is 1.78. The van der Waals surface area contributed by atoms with Crippen molar-refractivity contribution in [3.05, 3.63) is 34.4 Å². The van der Waals surface area contributed by atoms with Crippen molar-refractivity contribution in [2.75, 3.05) is 45.1 Å². The normalized spacial score (nSPS) is 23.7. The molecule has 35 heavy (non-hydrogen) atoms. The molecule has 0 aromatic heterocycles. The number of nitrogens with zero attached hydrogens (tertiary/aromatic N) is 2. The van der Waals surface area contributed by atoms with Crippen LogP contribution in [0.15, 0.2) is 18.2 Å². The molecule has 2 amide bonds. The molecular formula is C27H37ClN4O3. The molecule has 0 saturated carbocycles. The third kappa shape index (κ3) is 5.46. The van der Waals surface area contributed by atoms with Gasteiger partial charge in [0.05, 0.1) is 22.9 Å².